The van der Waals surface area contributed by atoms with Crippen LogP contribution in [0.2, 0.25) is 5.02 Å². The first-order valence-electron chi connectivity index (χ1n) is 7.51. The van der Waals surface area contributed by atoms with Crippen LogP contribution in [0.25, 0.3) is 0 Å². The van der Waals surface area contributed by atoms with Crippen LogP contribution in [0.3, 0.4) is 0 Å². The van der Waals surface area contributed by atoms with E-state index in [9.17, 15) is 9.59 Å². The lowest BCUT2D eigenvalue weighted by Gasteiger charge is -2.27. The number of halogens is 1. The van der Waals surface area contributed by atoms with Crippen molar-refractivity contribution in [1.29, 1.82) is 0 Å². The summed E-state index contributed by atoms with van der Waals surface area (Å²) in [5.74, 6) is -1.01. The van der Waals surface area contributed by atoms with Crippen LogP contribution in [0.1, 0.15) is 44.2 Å². The molecule has 6 heteroatoms. The van der Waals surface area contributed by atoms with Gasteiger partial charge in [0.15, 0.2) is 0 Å². The summed E-state index contributed by atoms with van der Waals surface area (Å²) < 4.78 is 0. The maximum Gasteiger partial charge on any atom is 0.315 e. The quantitative estimate of drug-likeness (QED) is 0.794. The van der Waals surface area contributed by atoms with E-state index >= 15 is 0 Å². The van der Waals surface area contributed by atoms with E-state index in [4.69, 9.17) is 16.7 Å². The first-order chi connectivity index (χ1) is 10.5. The highest BCUT2D eigenvalue weighted by atomic mass is 35.5. The normalized spacial score (nSPS) is 22.6. The topological polar surface area (TPSA) is 78.4 Å². The van der Waals surface area contributed by atoms with Crippen LogP contribution in [0, 0.1) is 5.92 Å². The Morgan fingerprint density at radius 3 is 2.32 bits per heavy atom. The van der Waals surface area contributed by atoms with E-state index in [-0.39, 0.29) is 24.0 Å². The molecule has 120 valence electrons. The minimum absolute atomic E-state index is 0.0491. The second kappa shape index (κ2) is 7.49. The maximum atomic E-state index is 12.0. The fourth-order valence-corrected chi connectivity index (χ4v) is 2.87. The highest BCUT2D eigenvalue weighted by molar-refractivity contribution is 6.30. The average Bonchev–Trinajstić information content (AvgIpc) is 2.48. The van der Waals surface area contributed by atoms with E-state index in [0.29, 0.717) is 30.7 Å². The molecule has 0 saturated heterocycles. The van der Waals surface area contributed by atoms with Crippen molar-refractivity contribution in [3.05, 3.63) is 34.9 Å². The van der Waals surface area contributed by atoms with E-state index < -0.39 is 5.97 Å². The third kappa shape index (κ3) is 4.63. The summed E-state index contributed by atoms with van der Waals surface area (Å²) >= 11 is 5.84. The lowest BCUT2D eigenvalue weighted by Crippen LogP contribution is -2.44. The molecular weight excluding hydrogens is 304 g/mol. The van der Waals surface area contributed by atoms with E-state index in [1.54, 1.807) is 12.1 Å². The van der Waals surface area contributed by atoms with Gasteiger partial charge in [0.25, 0.3) is 0 Å². The molecule has 3 N–H and O–H groups in total. The van der Waals surface area contributed by atoms with Gasteiger partial charge >= 0.3 is 12.0 Å². The Balaban J connectivity index is 1.78. The molecule has 2 amide bonds. The van der Waals surface area contributed by atoms with Gasteiger partial charge in [0.2, 0.25) is 0 Å². The largest absolute Gasteiger partial charge is 0.481 e. The van der Waals surface area contributed by atoms with E-state index in [1.165, 1.54) is 0 Å². The number of rotatable bonds is 4. The SMILES string of the molecule is C[C@@H](NC(=O)NC1CCC(C(=O)O)CC1)c1ccc(Cl)cc1. The first kappa shape index (κ1) is 16.6. The van der Waals surface area contributed by atoms with Gasteiger partial charge in [0, 0.05) is 11.1 Å². The molecule has 2 rings (SSSR count). The fraction of sp³-hybridized carbons (Fsp3) is 0.500. The summed E-state index contributed by atoms with van der Waals surface area (Å²) in [7, 11) is 0. The highest BCUT2D eigenvalue weighted by Gasteiger charge is 2.26. The van der Waals surface area contributed by atoms with Crippen molar-refractivity contribution in [2.24, 2.45) is 5.92 Å². The minimum atomic E-state index is -0.737. The number of carboxylic acids is 1. The third-order valence-electron chi connectivity index (χ3n) is 4.13. The molecule has 5 nitrogen and oxygen atoms in total. The molecule has 0 radical (unpaired) electrons. The summed E-state index contributed by atoms with van der Waals surface area (Å²) in [4.78, 5) is 22.9. The Kier molecular flexibility index (Phi) is 5.66. The van der Waals surface area contributed by atoms with Crippen LogP contribution < -0.4 is 10.6 Å². The molecule has 0 aliphatic heterocycles. The number of urea groups is 1. The molecule has 1 saturated carbocycles. The minimum Gasteiger partial charge on any atom is -0.481 e. The molecule has 1 aliphatic carbocycles. The number of benzene rings is 1. The summed E-state index contributed by atoms with van der Waals surface area (Å²) in [6.07, 6.45) is 2.65. The number of aliphatic carboxylic acids is 1. The second-order valence-electron chi connectivity index (χ2n) is 5.78. The number of carbonyl (C=O) groups excluding carboxylic acids is 1. The molecular formula is C16H21ClN2O3. The van der Waals surface area contributed by atoms with Crippen LogP contribution in [0.5, 0.6) is 0 Å². The van der Waals surface area contributed by atoms with Crippen LogP contribution >= 0.6 is 11.6 Å². The predicted octanol–water partition coefficient (Wildman–Crippen LogP) is 3.34. The number of carboxylic acid groups (broad SMARTS) is 1. The zero-order valence-corrected chi connectivity index (χ0v) is 13.3. The Morgan fingerprint density at radius 2 is 1.77 bits per heavy atom. The predicted molar refractivity (Wildman–Crippen MR) is 84.9 cm³/mol. The number of carbonyl (C=O) groups is 2. The van der Waals surface area contributed by atoms with Crippen LogP contribution in [-0.2, 0) is 4.79 Å². The first-order valence-corrected chi connectivity index (χ1v) is 7.89. The number of hydrogen-bond acceptors (Lipinski definition) is 2. The monoisotopic (exact) mass is 324 g/mol. The number of hydrogen-bond donors (Lipinski definition) is 3. The Morgan fingerprint density at radius 1 is 1.18 bits per heavy atom. The second-order valence-corrected chi connectivity index (χ2v) is 6.21. The summed E-state index contributed by atoms with van der Waals surface area (Å²) in [6, 6.07) is 7.05. The third-order valence-corrected chi connectivity index (χ3v) is 4.38. The average molecular weight is 325 g/mol. The zero-order chi connectivity index (χ0) is 16.1. The van der Waals surface area contributed by atoms with Crippen molar-refractivity contribution < 1.29 is 14.7 Å². The van der Waals surface area contributed by atoms with Gasteiger partial charge in [-0.25, -0.2) is 4.79 Å². The van der Waals surface area contributed by atoms with E-state index in [1.807, 2.05) is 19.1 Å². The highest BCUT2D eigenvalue weighted by Crippen LogP contribution is 2.24. The summed E-state index contributed by atoms with van der Waals surface area (Å²) in [6.45, 7) is 1.91. The Bertz CT molecular complexity index is 525. The van der Waals surface area contributed by atoms with Crippen molar-refractivity contribution in [3.63, 3.8) is 0 Å². The van der Waals surface area contributed by atoms with Gasteiger partial charge in [-0.05, 0) is 50.3 Å². The van der Waals surface area contributed by atoms with Crippen molar-refractivity contribution in [3.8, 4) is 0 Å². The number of nitrogens with one attached hydrogen (secondary N) is 2. The van der Waals surface area contributed by atoms with Crippen LogP contribution in [0.4, 0.5) is 4.79 Å². The van der Waals surface area contributed by atoms with Crippen LogP contribution in [0.15, 0.2) is 24.3 Å². The Labute approximate surface area is 135 Å². The van der Waals surface area contributed by atoms with Gasteiger partial charge in [0.1, 0.15) is 0 Å². The Hall–Kier alpha value is -1.75. The zero-order valence-electron chi connectivity index (χ0n) is 12.5. The van der Waals surface area contributed by atoms with Gasteiger partial charge in [-0.15, -0.1) is 0 Å². The van der Waals surface area contributed by atoms with Gasteiger partial charge in [-0.2, -0.15) is 0 Å². The number of amides is 2. The van der Waals surface area contributed by atoms with Gasteiger partial charge in [0.05, 0.1) is 12.0 Å². The molecule has 0 bridgehead atoms. The fourth-order valence-electron chi connectivity index (χ4n) is 2.74. The summed E-state index contributed by atoms with van der Waals surface area (Å²) in [5.41, 5.74) is 0.981. The molecule has 1 aromatic rings. The van der Waals surface area contributed by atoms with Crippen LogP contribution in [-0.4, -0.2) is 23.1 Å². The van der Waals surface area contributed by atoms with Crippen molar-refractivity contribution >= 4 is 23.6 Å². The molecule has 1 fully saturated rings. The lowest BCUT2D eigenvalue weighted by atomic mass is 9.86. The van der Waals surface area contributed by atoms with Gasteiger partial charge in [-0.3, -0.25) is 4.79 Å². The molecule has 0 heterocycles. The maximum absolute atomic E-state index is 12.0. The smallest absolute Gasteiger partial charge is 0.315 e. The molecule has 0 aromatic heterocycles. The standard InChI is InChI=1S/C16H21ClN2O3/c1-10(11-2-6-13(17)7-3-11)18-16(22)19-14-8-4-12(5-9-14)15(20)21/h2-3,6-7,10,12,14H,4-5,8-9H2,1H3,(H,20,21)(H2,18,19,22)/t10-,12?,14?/m1/s1. The van der Waals surface area contributed by atoms with Crippen molar-refractivity contribution in [1.82, 2.24) is 10.6 Å². The molecule has 0 spiro atoms. The lowest BCUT2D eigenvalue weighted by molar-refractivity contribution is -0.142. The van der Waals surface area contributed by atoms with Crippen molar-refractivity contribution in [2.75, 3.05) is 0 Å². The summed E-state index contributed by atoms with van der Waals surface area (Å²) in [5, 5.41) is 15.4. The van der Waals surface area contributed by atoms with Gasteiger partial charge in [-0.1, -0.05) is 23.7 Å². The molecule has 1 aromatic carbocycles. The molecule has 0 unspecified atom stereocenters. The molecule has 1 atom stereocenters. The van der Waals surface area contributed by atoms with Gasteiger partial charge < -0.3 is 15.7 Å². The van der Waals surface area contributed by atoms with E-state index in [0.717, 1.165) is 5.56 Å². The molecule has 1 aliphatic rings. The van der Waals surface area contributed by atoms with E-state index in [2.05, 4.69) is 10.6 Å². The molecule has 22 heavy (non-hydrogen) atoms. The van der Waals surface area contributed by atoms with Crippen molar-refractivity contribution in [2.45, 2.75) is 44.7 Å².